The Morgan fingerprint density at radius 1 is 0.608 bits per heavy atom. The summed E-state index contributed by atoms with van der Waals surface area (Å²) in [6, 6.07) is 34.9. The molecule has 0 saturated carbocycles. The molecule has 5 aromatic rings. The Balaban J connectivity index is 0.000000233. The van der Waals surface area contributed by atoms with E-state index in [1.54, 1.807) is 123 Å². The number of fused-ring (bicyclic) bond motifs is 2. The van der Waals surface area contributed by atoms with Gasteiger partial charge in [-0.1, -0.05) is 105 Å². The molecule has 5 unspecified atom stereocenters. The van der Waals surface area contributed by atoms with Crippen LogP contribution in [0.2, 0.25) is 0 Å². The van der Waals surface area contributed by atoms with E-state index in [0.29, 0.717) is 34.5 Å². The van der Waals surface area contributed by atoms with E-state index < -0.39 is 97.3 Å². The van der Waals surface area contributed by atoms with Gasteiger partial charge < -0.3 is 50.4 Å². The van der Waals surface area contributed by atoms with Gasteiger partial charge in [-0.25, -0.2) is 0 Å². The van der Waals surface area contributed by atoms with Crippen LogP contribution in [-0.4, -0.2) is 127 Å². The molecular weight excluding hydrogens is 1020 g/mol. The molecule has 22 nitrogen and oxygen atoms in total. The number of aldehydes is 1. The standard InChI is InChI=1S/C32H32N4O7.C25H26N4O7/c1-2-28(38)35-18-24(34-30(40)22-13-7-4-8-14-22)31(41)36(26-16-10-9-15-25(26)35)19-27(37)33-23-17-29(39)43-32(23)42-20-21-11-5-3-6-12-21;1-2-22(32)28-13-18(27-24(35)16-8-4-3-5-9-16)25(36)29(20-11-7-6-10-19(20)28)14-21(31)26-17(15-30)12-23(33)34/h3-16,23-24,32H,2,17-20H2,1H3,(H,33,37)(H,34,40);3-11,15,17-18H,2,12-14H2,1H3,(H,26,31)(H,27,35)(H,33,34). The monoisotopic (exact) mass is 1080 g/mol. The van der Waals surface area contributed by atoms with Crippen LogP contribution in [0.3, 0.4) is 0 Å². The van der Waals surface area contributed by atoms with Crippen molar-refractivity contribution in [1.82, 2.24) is 21.3 Å². The summed E-state index contributed by atoms with van der Waals surface area (Å²) in [5, 5.41) is 19.4. The van der Waals surface area contributed by atoms with E-state index in [0.717, 1.165) is 10.5 Å². The number of cyclic esters (lactones) is 1. The first-order valence-corrected chi connectivity index (χ1v) is 25.3. The molecule has 0 spiro atoms. The van der Waals surface area contributed by atoms with Gasteiger partial charge in [0, 0.05) is 24.0 Å². The van der Waals surface area contributed by atoms with Crippen LogP contribution in [-0.2, 0) is 59.2 Å². The SMILES string of the molecule is CCC(=O)N1CC(NC(=O)c2ccccc2)C(=O)N(CC(=O)NC(C=O)CC(=O)O)c2ccccc21.CCC(=O)N1CC(NC(=O)c2ccccc2)C(=O)N(CC(=O)NC2CC(=O)OC2OCc2ccccc2)c2ccccc21. The number of benzene rings is 5. The highest BCUT2D eigenvalue weighted by Crippen LogP contribution is 2.35. The Labute approximate surface area is 454 Å². The number of para-hydroxylation sites is 4. The Morgan fingerprint density at radius 2 is 1.04 bits per heavy atom. The first-order chi connectivity index (χ1) is 38.1. The summed E-state index contributed by atoms with van der Waals surface area (Å²) in [5.74, 6) is -5.90. The summed E-state index contributed by atoms with van der Waals surface area (Å²) < 4.78 is 11.1. The van der Waals surface area contributed by atoms with Gasteiger partial charge in [0.15, 0.2) is 0 Å². The van der Waals surface area contributed by atoms with Gasteiger partial charge in [-0.2, -0.15) is 0 Å². The minimum Gasteiger partial charge on any atom is -0.481 e. The number of carbonyl (C=O) groups is 11. The number of ether oxygens (including phenoxy) is 2. The number of hydrogen-bond acceptors (Lipinski definition) is 13. The van der Waals surface area contributed by atoms with E-state index in [1.807, 2.05) is 30.3 Å². The zero-order valence-electron chi connectivity index (χ0n) is 43.2. The molecule has 410 valence electrons. The minimum absolute atomic E-state index is 0.0930. The van der Waals surface area contributed by atoms with E-state index in [4.69, 9.17) is 14.6 Å². The normalized spacial score (nSPS) is 17.9. The van der Waals surface area contributed by atoms with Crippen molar-refractivity contribution < 1.29 is 67.3 Å². The van der Waals surface area contributed by atoms with Crippen LogP contribution < -0.4 is 40.9 Å². The third kappa shape index (κ3) is 14.7. The molecule has 22 heteroatoms. The summed E-state index contributed by atoms with van der Waals surface area (Å²) in [7, 11) is 0. The lowest BCUT2D eigenvalue weighted by Gasteiger charge is -2.26. The van der Waals surface area contributed by atoms with Gasteiger partial charge in [0.05, 0.1) is 61.3 Å². The molecule has 0 aliphatic carbocycles. The summed E-state index contributed by atoms with van der Waals surface area (Å²) in [6.45, 7) is 2.29. The van der Waals surface area contributed by atoms with E-state index in [1.165, 1.54) is 14.7 Å². The Bertz CT molecular complexity index is 3070. The third-order valence-electron chi connectivity index (χ3n) is 12.7. The predicted octanol–water partition coefficient (Wildman–Crippen LogP) is 3.28. The zero-order valence-corrected chi connectivity index (χ0v) is 43.2. The fourth-order valence-electron chi connectivity index (χ4n) is 8.90. The van der Waals surface area contributed by atoms with Crippen LogP contribution in [0.1, 0.15) is 65.8 Å². The van der Waals surface area contributed by atoms with Gasteiger partial charge >= 0.3 is 11.9 Å². The number of carbonyl (C=O) groups excluding carboxylic acids is 10. The molecule has 3 heterocycles. The second-order valence-corrected chi connectivity index (χ2v) is 18.3. The number of anilines is 4. The van der Waals surface area contributed by atoms with Crippen molar-refractivity contribution in [3.63, 3.8) is 0 Å². The van der Waals surface area contributed by atoms with Crippen LogP contribution in [0.5, 0.6) is 0 Å². The van der Waals surface area contributed by atoms with Crippen LogP contribution in [0.25, 0.3) is 0 Å². The average molecular weight is 1080 g/mol. The predicted molar refractivity (Wildman–Crippen MR) is 286 cm³/mol. The topological polar surface area (TPSA) is 288 Å². The first kappa shape index (κ1) is 57.1. The quantitative estimate of drug-likeness (QED) is 0.0622. The van der Waals surface area contributed by atoms with Gasteiger partial charge in [-0.3, -0.25) is 57.7 Å². The second-order valence-electron chi connectivity index (χ2n) is 18.3. The van der Waals surface area contributed by atoms with Gasteiger partial charge in [0.2, 0.25) is 29.9 Å². The molecule has 0 aromatic heterocycles. The number of amides is 8. The summed E-state index contributed by atoms with van der Waals surface area (Å²) >= 11 is 0. The Kier molecular flexibility index (Phi) is 19.5. The highest BCUT2D eigenvalue weighted by atomic mass is 16.7. The van der Waals surface area contributed by atoms with E-state index >= 15 is 0 Å². The van der Waals surface area contributed by atoms with Crippen molar-refractivity contribution in [3.05, 3.63) is 156 Å². The van der Waals surface area contributed by atoms with Crippen molar-refractivity contribution >= 4 is 88.2 Å². The summed E-state index contributed by atoms with van der Waals surface area (Å²) in [4.78, 5) is 145. The lowest BCUT2D eigenvalue weighted by atomic mass is 10.1. The molecule has 8 rings (SSSR count). The largest absolute Gasteiger partial charge is 0.481 e. The van der Waals surface area contributed by atoms with Crippen LogP contribution in [0, 0.1) is 0 Å². The maximum absolute atomic E-state index is 14.0. The molecule has 5 aromatic carbocycles. The van der Waals surface area contributed by atoms with Gasteiger partial charge in [0.25, 0.3) is 23.6 Å². The fourth-order valence-corrected chi connectivity index (χ4v) is 8.90. The van der Waals surface area contributed by atoms with E-state index in [-0.39, 0.29) is 56.5 Å². The smallest absolute Gasteiger partial charge is 0.310 e. The molecule has 0 radical (unpaired) electrons. The minimum atomic E-state index is -1.28. The van der Waals surface area contributed by atoms with E-state index in [9.17, 15) is 52.7 Å². The molecule has 3 aliphatic rings. The summed E-state index contributed by atoms with van der Waals surface area (Å²) in [6.07, 6.45) is -1.10. The number of carboxylic acids is 1. The molecular formula is C57H58N8O14. The van der Waals surface area contributed by atoms with Crippen LogP contribution in [0.4, 0.5) is 22.7 Å². The van der Waals surface area contributed by atoms with Gasteiger partial charge in [-0.15, -0.1) is 0 Å². The maximum atomic E-state index is 14.0. The molecule has 5 N–H and O–H groups in total. The number of rotatable bonds is 18. The zero-order chi connectivity index (χ0) is 56.6. The maximum Gasteiger partial charge on any atom is 0.310 e. The average Bonchev–Trinajstić information content (AvgIpc) is 3.72. The van der Waals surface area contributed by atoms with Gasteiger partial charge in [-0.05, 0) is 54.1 Å². The number of carboxylic acid groups (broad SMARTS) is 1. The molecule has 8 amide bonds. The molecule has 79 heavy (non-hydrogen) atoms. The molecule has 3 aliphatic heterocycles. The number of hydrogen-bond donors (Lipinski definition) is 5. The van der Waals surface area contributed by atoms with E-state index in [2.05, 4.69) is 21.3 Å². The first-order valence-electron chi connectivity index (χ1n) is 25.3. The second kappa shape index (κ2) is 27.0. The van der Waals surface area contributed by atoms with Crippen molar-refractivity contribution in [2.75, 3.05) is 45.8 Å². The lowest BCUT2D eigenvalue weighted by Crippen LogP contribution is -2.55. The number of nitrogens with zero attached hydrogens (tertiary/aromatic N) is 4. The van der Waals surface area contributed by atoms with Gasteiger partial charge in [0.1, 0.15) is 37.5 Å². The Morgan fingerprint density at radius 3 is 1.48 bits per heavy atom. The molecule has 1 saturated heterocycles. The van der Waals surface area contributed by atoms with Crippen molar-refractivity contribution in [2.45, 2.75) is 76.6 Å². The fraction of sp³-hybridized carbons (Fsp3) is 0.281. The highest BCUT2D eigenvalue weighted by molar-refractivity contribution is 6.12. The van der Waals surface area contributed by atoms with Crippen molar-refractivity contribution in [1.29, 1.82) is 0 Å². The third-order valence-corrected chi connectivity index (χ3v) is 12.7. The number of esters is 1. The lowest BCUT2D eigenvalue weighted by molar-refractivity contribution is -0.168. The van der Waals surface area contributed by atoms with Crippen LogP contribution in [0.15, 0.2) is 140 Å². The van der Waals surface area contributed by atoms with Crippen LogP contribution >= 0.6 is 0 Å². The molecule has 0 bridgehead atoms. The Hall–Kier alpha value is -9.57. The van der Waals surface area contributed by atoms with Crippen molar-refractivity contribution in [2.24, 2.45) is 0 Å². The highest BCUT2D eigenvalue weighted by Gasteiger charge is 2.41. The molecule has 1 fully saturated rings. The number of aliphatic carboxylic acids is 1. The molecule has 5 atom stereocenters. The summed E-state index contributed by atoms with van der Waals surface area (Å²) in [5.41, 5.74) is 2.95. The number of nitrogens with one attached hydrogen (secondary N) is 4. The van der Waals surface area contributed by atoms with Crippen molar-refractivity contribution in [3.8, 4) is 0 Å².